The fourth-order valence-electron chi connectivity index (χ4n) is 1.06. The lowest BCUT2D eigenvalue weighted by Crippen LogP contribution is -2.32. The van der Waals surface area contributed by atoms with E-state index in [1.807, 2.05) is 0 Å². The highest BCUT2D eigenvalue weighted by atomic mass is 32.2. The largest absolute Gasteiger partial charge is 0.480 e. The van der Waals surface area contributed by atoms with Crippen LogP contribution in [0, 0.1) is 0 Å². The van der Waals surface area contributed by atoms with Gasteiger partial charge in [-0.25, -0.2) is 13.4 Å². The summed E-state index contributed by atoms with van der Waals surface area (Å²) in [5.41, 5.74) is 0.187. The van der Waals surface area contributed by atoms with Crippen LogP contribution in [0.15, 0.2) is 18.3 Å². The number of hydrogen-bond acceptors (Lipinski definition) is 5. The number of carboxylic acid groups (broad SMARTS) is 1. The Morgan fingerprint density at radius 1 is 1.56 bits per heavy atom. The second kappa shape index (κ2) is 5.67. The van der Waals surface area contributed by atoms with Gasteiger partial charge in [-0.3, -0.25) is 9.52 Å². The molecule has 0 saturated carbocycles. The lowest BCUT2D eigenvalue weighted by molar-refractivity contribution is -0.136. The van der Waals surface area contributed by atoms with E-state index < -0.39 is 21.2 Å². The van der Waals surface area contributed by atoms with Crippen LogP contribution in [0.2, 0.25) is 0 Å². The first kappa shape index (κ1) is 14.2. The fourth-order valence-corrected chi connectivity index (χ4v) is 1.95. The summed E-state index contributed by atoms with van der Waals surface area (Å²) in [6, 6.07) is 2.94. The number of anilines is 1. The molecule has 18 heavy (non-hydrogen) atoms. The maximum Gasteiger partial charge on any atom is 0.323 e. The molecule has 0 bridgehead atoms. The Hall–Kier alpha value is -1.83. The molecule has 8 heteroatoms. The topological polar surface area (TPSA) is 106 Å². The number of pyridine rings is 1. The zero-order valence-electron chi connectivity index (χ0n) is 9.95. The van der Waals surface area contributed by atoms with Crippen LogP contribution in [0.3, 0.4) is 0 Å². The van der Waals surface area contributed by atoms with E-state index in [0.29, 0.717) is 12.5 Å². The van der Waals surface area contributed by atoms with Gasteiger partial charge >= 0.3 is 5.97 Å². The molecule has 1 aromatic rings. The molecule has 1 atom stereocenters. The Morgan fingerprint density at radius 2 is 2.22 bits per heavy atom. The van der Waals surface area contributed by atoms with Crippen molar-refractivity contribution in [2.75, 3.05) is 11.3 Å². The Bertz CT molecular complexity index is 512. The van der Waals surface area contributed by atoms with Crippen LogP contribution < -0.4 is 9.46 Å². The zero-order chi connectivity index (χ0) is 13.8. The molecule has 1 aromatic heterocycles. The third-order valence-electron chi connectivity index (χ3n) is 2.10. The predicted molar refractivity (Wildman–Crippen MR) is 65.0 cm³/mol. The van der Waals surface area contributed by atoms with Crippen molar-refractivity contribution in [1.29, 1.82) is 0 Å². The molecule has 0 amide bonds. The number of nitrogens with one attached hydrogen (secondary N) is 1. The molecule has 0 aliphatic carbocycles. The highest BCUT2D eigenvalue weighted by Crippen LogP contribution is 2.14. The van der Waals surface area contributed by atoms with Gasteiger partial charge in [0.25, 0.3) is 0 Å². The van der Waals surface area contributed by atoms with Gasteiger partial charge in [-0.1, -0.05) is 0 Å². The molecule has 0 spiro atoms. The second-order valence-corrected chi connectivity index (χ2v) is 5.45. The lowest BCUT2D eigenvalue weighted by atomic mass is 10.4. The normalized spacial score (nSPS) is 12.8. The van der Waals surface area contributed by atoms with Crippen LogP contribution in [0.4, 0.5) is 5.69 Å². The SMILES string of the molecule is CCOc1ccc(NS(=O)(=O)C(C)C(=O)O)cn1. The average molecular weight is 274 g/mol. The van der Waals surface area contributed by atoms with Crippen LogP contribution in [0.1, 0.15) is 13.8 Å². The van der Waals surface area contributed by atoms with Crippen molar-refractivity contribution in [2.45, 2.75) is 19.1 Å². The second-order valence-electron chi connectivity index (χ2n) is 3.45. The molecule has 2 N–H and O–H groups in total. The first-order valence-corrected chi connectivity index (χ1v) is 6.74. The van der Waals surface area contributed by atoms with Crippen LogP contribution in [-0.2, 0) is 14.8 Å². The third-order valence-corrected chi connectivity index (χ3v) is 3.75. The van der Waals surface area contributed by atoms with Gasteiger partial charge in [-0.05, 0) is 19.9 Å². The number of aromatic nitrogens is 1. The Kier molecular flexibility index (Phi) is 4.49. The molecule has 1 rings (SSSR count). The zero-order valence-corrected chi connectivity index (χ0v) is 10.8. The number of hydrogen-bond donors (Lipinski definition) is 2. The first-order chi connectivity index (χ1) is 8.36. The van der Waals surface area contributed by atoms with Gasteiger partial charge < -0.3 is 9.84 Å². The van der Waals surface area contributed by atoms with Gasteiger partial charge in [-0.15, -0.1) is 0 Å². The number of aliphatic carboxylic acids is 1. The number of rotatable bonds is 6. The quantitative estimate of drug-likeness (QED) is 0.790. The summed E-state index contributed by atoms with van der Waals surface area (Å²) in [6.07, 6.45) is 1.26. The van der Waals surface area contributed by atoms with Crippen molar-refractivity contribution in [2.24, 2.45) is 0 Å². The van der Waals surface area contributed by atoms with Crippen molar-refractivity contribution in [3.63, 3.8) is 0 Å². The Balaban J connectivity index is 2.81. The van der Waals surface area contributed by atoms with E-state index in [4.69, 9.17) is 9.84 Å². The van der Waals surface area contributed by atoms with Gasteiger partial charge in [0.05, 0.1) is 18.5 Å². The van der Waals surface area contributed by atoms with Gasteiger partial charge in [0, 0.05) is 6.07 Å². The Morgan fingerprint density at radius 3 is 2.67 bits per heavy atom. The Labute approximate surface area is 105 Å². The van der Waals surface area contributed by atoms with E-state index >= 15 is 0 Å². The maximum absolute atomic E-state index is 11.6. The van der Waals surface area contributed by atoms with E-state index in [1.165, 1.54) is 18.3 Å². The van der Waals surface area contributed by atoms with Gasteiger partial charge in [0.2, 0.25) is 15.9 Å². The molecular formula is C10H14N2O5S. The minimum absolute atomic E-state index is 0.187. The van der Waals surface area contributed by atoms with Crippen molar-refractivity contribution in [3.05, 3.63) is 18.3 Å². The lowest BCUT2D eigenvalue weighted by Gasteiger charge is -2.11. The maximum atomic E-state index is 11.6. The molecule has 1 unspecified atom stereocenters. The predicted octanol–water partition coefficient (Wildman–Crippen LogP) is 0.695. The minimum Gasteiger partial charge on any atom is -0.480 e. The molecule has 0 aromatic carbocycles. The number of sulfonamides is 1. The highest BCUT2D eigenvalue weighted by Gasteiger charge is 2.27. The molecule has 0 aliphatic rings. The van der Waals surface area contributed by atoms with Gasteiger partial charge in [0.1, 0.15) is 0 Å². The molecular weight excluding hydrogens is 260 g/mol. The first-order valence-electron chi connectivity index (χ1n) is 5.20. The average Bonchev–Trinajstić information content (AvgIpc) is 2.30. The number of carboxylic acids is 1. The van der Waals surface area contributed by atoms with E-state index in [2.05, 4.69) is 9.71 Å². The standard InChI is InChI=1S/C10H14N2O5S/c1-3-17-9-5-4-8(6-11-9)12-18(15,16)7(2)10(13)14/h4-7,12H,3H2,1-2H3,(H,13,14). The third kappa shape index (κ3) is 3.59. The summed E-state index contributed by atoms with van der Waals surface area (Å²) in [4.78, 5) is 14.5. The van der Waals surface area contributed by atoms with E-state index in [-0.39, 0.29) is 5.69 Å². The van der Waals surface area contributed by atoms with E-state index in [9.17, 15) is 13.2 Å². The number of ether oxygens (including phenoxy) is 1. The van der Waals surface area contributed by atoms with Crippen molar-refractivity contribution in [3.8, 4) is 5.88 Å². The van der Waals surface area contributed by atoms with Crippen LogP contribution in [-0.4, -0.2) is 36.3 Å². The minimum atomic E-state index is -3.97. The molecule has 0 saturated heterocycles. The van der Waals surface area contributed by atoms with Crippen molar-refractivity contribution in [1.82, 2.24) is 4.98 Å². The summed E-state index contributed by atoms with van der Waals surface area (Å²) in [7, 11) is -3.97. The number of nitrogens with zero attached hydrogens (tertiary/aromatic N) is 1. The summed E-state index contributed by atoms with van der Waals surface area (Å²) < 4.78 is 30.4. The summed E-state index contributed by atoms with van der Waals surface area (Å²) in [6.45, 7) is 3.34. The highest BCUT2D eigenvalue weighted by molar-refractivity contribution is 7.94. The van der Waals surface area contributed by atoms with Crippen LogP contribution in [0.5, 0.6) is 5.88 Å². The van der Waals surface area contributed by atoms with E-state index in [0.717, 1.165) is 6.92 Å². The summed E-state index contributed by atoms with van der Waals surface area (Å²) in [5, 5.41) is 7.12. The molecule has 7 nitrogen and oxygen atoms in total. The molecule has 0 fully saturated rings. The number of carbonyl (C=O) groups is 1. The summed E-state index contributed by atoms with van der Waals surface area (Å²) >= 11 is 0. The van der Waals surface area contributed by atoms with Gasteiger partial charge in [0.15, 0.2) is 5.25 Å². The smallest absolute Gasteiger partial charge is 0.323 e. The summed E-state index contributed by atoms with van der Waals surface area (Å²) in [5.74, 6) is -1.05. The molecule has 0 radical (unpaired) electrons. The van der Waals surface area contributed by atoms with Crippen molar-refractivity contribution >= 4 is 21.7 Å². The molecule has 1 heterocycles. The van der Waals surface area contributed by atoms with Gasteiger partial charge in [-0.2, -0.15) is 0 Å². The van der Waals surface area contributed by atoms with E-state index in [1.54, 1.807) is 6.92 Å². The molecule has 100 valence electrons. The monoisotopic (exact) mass is 274 g/mol. The van der Waals surface area contributed by atoms with Crippen LogP contribution in [0.25, 0.3) is 0 Å². The van der Waals surface area contributed by atoms with Crippen molar-refractivity contribution < 1.29 is 23.1 Å². The molecule has 0 aliphatic heterocycles. The fraction of sp³-hybridized carbons (Fsp3) is 0.400. The van der Waals surface area contributed by atoms with Crippen LogP contribution >= 0.6 is 0 Å².